The fourth-order valence-electron chi connectivity index (χ4n) is 1.43. The number of phenolic OH excluding ortho intramolecular Hbond substituents is 1. The molecule has 0 unspecified atom stereocenters. The van der Waals surface area contributed by atoms with Gasteiger partial charge in [0.15, 0.2) is 0 Å². The Morgan fingerprint density at radius 1 is 1.27 bits per heavy atom. The van der Waals surface area contributed by atoms with Gasteiger partial charge >= 0.3 is 0 Å². The van der Waals surface area contributed by atoms with Crippen molar-refractivity contribution in [2.45, 2.75) is 13.3 Å². The van der Waals surface area contributed by atoms with Crippen molar-refractivity contribution in [3.8, 4) is 16.2 Å². The Hall–Kier alpha value is -1.35. The zero-order valence-electron chi connectivity index (χ0n) is 8.33. The van der Waals surface area contributed by atoms with E-state index in [1.54, 1.807) is 17.4 Å². The van der Waals surface area contributed by atoms with Crippen molar-refractivity contribution >= 4 is 11.3 Å². The van der Waals surface area contributed by atoms with Crippen LogP contribution in [-0.2, 0) is 6.42 Å². The summed E-state index contributed by atoms with van der Waals surface area (Å²) in [5, 5.41) is 11.3. The lowest BCUT2D eigenvalue weighted by Crippen LogP contribution is -1.77. The van der Waals surface area contributed by atoms with E-state index in [-0.39, 0.29) is 5.75 Å². The van der Waals surface area contributed by atoms with Gasteiger partial charge < -0.3 is 5.11 Å². The average molecular weight is 222 g/mol. The molecule has 1 heterocycles. The van der Waals surface area contributed by atoms with Crippen LogP contribution in [0.5, 0.6) is 5.75 Å². The van der Waals surface area contributed by atoms with Crippen molar-refractivity contribution in [2.24, 2.45) is 0 Å². The molecule has 1 aromatic carbocycles. The van der Waals surface area contributed by atoms with Gasteiger partial charge in [0.2, 0.25) is 0 Å². The zero-order valence-corrected chi connectivity index (χ0v) is 9.14. The van der Waals surface area contributed by atoms with Crippen LogP contribution in [-0.4, -0.2) is 5.11 Å². The largest absolute Gasteiger partial charge is 0.508 e. The maximum Gasteiger partial charge on any atom is 0.127 e. The van der Waals surface area contributed by atoms with Crippen LogP contribution in [0.3, 0.4) is 0 Å². The molecule has 15 heavy (non-hydrogen) atoms. The van der Waals surface area contributed by atoms with Gasteiger partial charge in [-0.1, -0.05) is 6.92 Å². The zero-order chi connectivity index (χ0) is 10.8. The predicted octanol–water partition coefficient (Wildman–Crippen LogP) is 3.82. The first-order valence-corrected chi connectivity index (χ1v) is 5.64. The third-order valence-electron chi connectivity index (χ3n) is 2.23. The summed E-state index contributed by atoms with van der Waals surface area (Å²) in [5.41, 5.74) is 1.97. The van der Waals surface area contributed by atoms with E-state index in [1.807, 2.05) is 6.07 Å². The van der Waals surface area contributed by atoms with Crippen LogP contribution in [0.2, 0.25) is 0 Å². The number of thiophene rings is 1. The maximum atomic E-state index is 13.0. The number of phenols is 1. The molecule has 1 nitrogen and oxygen atoms in total. The van der Waals surface area contributed by atoms with Gasteiger partial charge in [0.1, 0.15) is 11.6 Å². The van der Waals surface area contributed by atoms with Crippen LogP contribution in [0.1, 0.15) is 12.5 Å². The van der Waals surface area contributed by atoms with Gasteiger partial charge in [0.25, 0.3) is 0 Å². The first-order chi connectivity index (χ1) is 7.19. The van der Waals surface area contributed by atoms with Crippen LogP contribution >= 0.6 is 11.3 Å². The summed E-state index contributed by atoms with van der Waals surface area (Å²) in [6.45, 7) is 2.08. The van der Waals surface area contributed by atoms with Crippen molar-refractivity contribution in [3.63, 3.8) is 0 Å². The van der Waals surface area contributed by atoms with Crippen LogP contribution in [0, 0.1) is 5.82 Å². The molecule has 0 aliphatic heterocycles. The molecule has 2 rings (SSSR count). The number of rotatable bonds is 2. The second-order valence-electron chi connectivity index (χ2n) is 3.37. The minimum Gasteiger partial charge on any atom is -0.508 e. The van der Waals surface area contributed by atoms with E-state index >= 15 is 0 Å². The first-order valence-electron chi connectivity index (χ1n) is 4.76. The molecule has 0 spiro atoms. The topological polar surface area (TPSA) is 20.2 Å². The van der Waals surface area contributed by atoms with Gasteiger partial charge in [-0.05, 0) is 41.1 Å². The van der Waals surface area contributed by atoms with E-state index in [2.05, 4.69) is 12.3 Å². The molecule has 0 aliphatic carbocycles. The quantitative estimate of drug-likeness (QED) is 0.819. The molecular formula is C12H11FOS. The number of aromatic hydroxyl groups is 1. The SMILES string of the molecule is CCc1csc(-c2cc(O)cc(F)c2)c1. The van der Waals surface area contributed by atoms with Crippen LogP contribution in [0.4, 0.5) is 4.39 Å². The highest BCUT2D eigenvalue weighted by Gasteiger charge is 2.05. The third kappa shape index (κ3) is 2.18. The Bertz CT molecular complexity index is 456. The lowest BCUT2D eigenvalue weighted by Gasteiger charge is -1.99. The van der Waals surface area contributed by atoms with Crippen molar-refractivity contribution in [1.82, 2.24) is 0 Å². The molecule has 0 atom stereocenters. The van der Waals surface area contributed by atoms with Crippen LogP contribution < -0.4 is 0 Å². The summed E-state index contributed by atoms with van der Waals surface area (Å²) >= 11 is 1.57. The van der Waals surface area contributed by atoms with E-state index in [1.165, 1.54) is 11.6 Å². The number of benzene rings is 1. The molecule has 2 aromatic rings. The minimum atomic E-state index is -0.406. The molecule has 78 valence electrons. The summed E-state index contributed by atoms with van der Waals surface area (Å²) < 4.78 is 13.0. The Labute approximate surface area is 91.8 Å². The normalized spacial score (nSPS) is 10.5. The lowest BCUT2D eigenvalue weighted by molar-refractivity contribution is 0.469. The second-order valence-corrected chi connectivity index (χ2v) is 4.28. The fraction of sp³-hybridized carbons (Fsp3) is 0.167. The van der Waals surface area contributed by atoms with Gasteiger partial charge in [-0.3, -0.25) is 0 Å². The van der Waals surface area contributed by atoms with Gasteiger partial charge in [-0.25, -0.2) is 4.39 Å². The third-order valence-corrected chi connectivity index (χ3v) is 3.26. The van der Waals surface area contributed by atoms with Gasteiger partial charge in [0.05, 0.1) is 0 Å². The molecule has 0 radical (unpaired) electrons. The van der Waals surface area contributed by atoms with Crippen molar-refractivity contribution < 1.29 is 9.50 Å². The molecule has 0 aliphatic rings. The summed E-state index contributed by atoms with van der Waals surface area (Å²) in [7, 11) is 0. The lowest BCUT2D eigenvalue weighted by atomic mass is 10.1. The standard InChI is InChI=1S/C12H11FOS/c1-2-8-3-12(15-7-8)9-4-10(13)6-11(14)5-9/h3-7,14H,2H2,1H3. The molecular weight excluding hydrogens is 211 g/mol. The van der Waals surface area contributed by atoms with Crippen molar-refractivity contribution in [2.75, 3.05) is 0 Å². The molecule has 0 saturated heterocycles. The Balaban J connectivity index is 2.44. The van der Waals surface area contributed by atoms with Crippen LogP contribution in [0.25, 0.3) is 10.4 Å². The number of aryl methyl sites for hydroxylation is 1. The summed E-state index contributed by atoms with van der Waals surface area (Å²) in [4.78, 5) is 0.988. The van der Waals surface area contributed by atoms with Gasteiger partial charge in [-0.2, -0.15) is 0 Å². The van der Waals surface area contributed by atoms with E-state index in [9.17, 15) is 9.50 Å². The molecule has 1 aromatic heterocycles. The number of hydrogen-bond acceptors (Lipinski definition) is 2. The summed E-state index contributed by atoms with van der Waals surface area (Å²) in [5.74, 6) is -0.437. The Morgan fingerprint density at radius 2 is 2.07 bits per heavy atom. The molecule has 0 saturated carbocycles. The monoisotopic (exact) mass is 222 g/mol. The second kappa shape index (κ2) is 4.03. The van der Waals surface area contributed by atoms with Crippen molar-refractivity contribution in [3.05, 3.63) is 41.0 Å². The van der Waals surface area contributed by atoms with E-state index < -0.39 is 5.82 Å². The Kier molecular flexibility index (Phi) is 2.73. The van der Waals surface area contributed by atoms with Gasteiger partial charge in [-0.15, -0.1) is 11.3 Å². The maximum absolute atomic E-state index is 13.0. The smallest absolute Gasteiger partial charge is 0.127 e. The number of hydrogen-bond donors (Lipinski definition) is 1. The highest BCUT2D eigenvalue weighted by molar-refractivity contribution is 7.13. The van der Waals surface area contributed by atoms with E-state index in [0.717, 1.165) is 22.9 Å². The summed E-state index contributed by atoms with van der Waals surface area (Å²) in [6.07, 6.45) is 0.970. The fourth-order valence-corrected chi connectivity index (χ4v) is 2.42. The van der Waals surface area contributed by atoms with E-state index in [4.69, 9.17) is 0 Å². The van der Waals surface area contributed by atoms with Gasteiger partial charge in [0, 0.05) is 10.9 Å². The minimum absolute atomic E-state index is 0.0311. The average Bonchev–Trinajstić information content (AvgIpc) is 2.64. The molecule has 3 heteroatoms. The molecule has 0 bridgehead atoms. The Morgan fingerprint density at radius 3 is 2.67 bits per heavy atom. The molecule has 1 N–H and O–H groups in total. The predicted molar refractivity (Wildman–Crippen MR) is 60.8 cm³/mol. The summed E-state index contributed by atoms with van der Waals surface area (Å²) in [6, 6.07) is 6.15. The highest BCUT2D eigenvalue weighted by atomic mass is 32.1. The number of halogens is 1. The molecule has 0 amide bonds. The van der Waals surface area contributed by atoms with E-state index in [0.29, 0.717) is 0 Å². The van der Waals surface area contributed by atoms with Crippen molar-refractivity contribution in [1.29, 1.82) is 0 Å². The molecule has 0 fully saturated rings. The first kappa shape index (κ1) is 10.2. The van der Waals surface area contributed by atoms with Crippen LogP contribution in [0.15, 0.2) is 29.6 Å². The highest BCUT2D eigenvalue weighted by Crippen LogP contribution is 2.30.